The number of carbonyl (C=O) groups excluding carboxylic acids is 2. The molecule has 0 aromatic heterocycles. The summed E-state index contributed by atoms with van der Waals surface area (Å²) in [6.07, 6.45) is 115. The lowest BCUT2D eigenvalue weighted by Gasteiger charge is -2.15. The SMILES string of the molecule is CC/C=C\C/C=C\C/C=C\C/C=C\C/C=C\C/C=C\C/C=C\C/C=C\C/C=C\CCCCCCCCCCCCCC(=O)OC(CO)COC(=O)CCCCCCCCCCCCCCCCCCCCCCCCC/C=C\C/C=C\CCCCCCC. The molecule has 0 saturated heterocycles. The Morgan fingerprint density at radius 1 is 0.273 bits per heavy atom. The first-order chi connectivity index (χ1) is 43.6. The highest BCUT2D eigenvalue weighted by atomic mass is 16.6. The Hall–Kier alpha value is -3.96. The van der Waals surface area contributed by atoms with Gasteiger partial charge in [-0.25, -0.2) is 0 Å². The van der Waals surface area contributed by atoms with Gasteiger partial charge in [-0.2, -0.15) is 0 Å². The minimum Gasteiger partial charge on any atom is -0.462 e. The summed E-state index contributed by atoms with van der Waals surface area (Å²) in [5, 5.41) is 9.72. The van der Waals surface area contributed by atoms with Gasteiger partial charge in [-0.3, -0.25) is 9.59 Å². The molecule has 0 aliphatic carbocycles. The summed E-state index contributed by atoms with van der Waals surface area (Å²) >= 11 is 0. The van der Waals surface area contributed by atoms with E-state index in [-0.39, 0.29) is 25.2 Å². The van der Waals surface area contributed by atoms with E-state index in [9.17, 15) is 14.7 Å². The van der Waals surface area contributed by atoms with Gasteiger partial charge in [-0.1, -0.05) is 366 Å². The number of hydrogen-bond acceptors (Lipinski definition) is 5. The zero-order valence-corrected chi connectivity index (χ0v) is 58.0. The first-order valence-corrected chi connectivity index (χ1v) is 37.7. The molecule has 0 heterocycles. The van der Waals surface area contributed by atoms with Crippen molar-refractivity contribution >= 4 is 11.9 Å². The number of ether oxygens (including phenoxy) is 2. The molecule has 0 amide bonds. The van der Waals surface area contributed by atoms with Gasteiger partial charge in [0.25, 0.3) is 0 Å². The van der Waals surface area contributed by atoms with Gasteiger partial charge < -0.3 is 14.6 Å². The monoisotopic (exact) mass is 1220 g/mol. The van der Waals surface area contributed by atoms with Crippen molar-refractivity contribution < 1.29 is 24.2 Å². The molecular formula is C83H142O5. The number of aliphatic hydroxyl groups excluding tert-OH is 1. The van der Waals surface area contributed by atoms with Gasteiger partial charge in [0.05, 0.1) is 6.61 Å². The Morgan fingerprint density at radius 3 is 0.739 bits per heavy atom. The lowest BCUT2D eigenvalue weighted by Crippen LogP contribution is -2.28. The maximum atomic E-state index is 12.4. The van der Waals surface area contributed by atoms with Crippen LogP contribution in [0.2, 0.25) is 0 Å². The van der Waals surface area contributed by atoms with Gasteiger partial charge in [-0.05, 0) is 116 Å². The van der Waals surface area contributed by atoms with Crippen molar-refractivity contribution in [1.82, 2.24) is 0 Å². The molecule has 1 atom stereocenters. The highest BCUT2D eigenvalue weighted by Crippen LogP contribution is 2.18. The van der Waals surface area contributed by atoms with Crippen LogP contribution < -0.4 is 0 Å². The molecule has 0 aromatic rings. The molecule has 5 nitrogen and oxygen atoms in total. The van der Waals surface area contributed by atoms with Crippen LogP contribution >= 0.6 is 0 Å². The van der Waals surface area contributed by atoms with Crippen molar-refractivity contribution in [1.29, 1.82) is 0 Å². The smallest absolute Gasteiger partial charge is 0.306 e. The van der Waals surface area contributed by atoms with Crippen molar-refractivity contribution in [2.24, 2.45) is 0 Å². The van der Waals surface area contributed by atoms with E-state index in [4.69, 9.17) is 9.47 Å². The third kappa shape index (κ3) is 74.5. The quantitative estimate of drug-likeness (QED) is 0.0373. The lowest BCUT2D eigenvalue weighted by molar-refractivity contribution is -0.161. The summed E-state index contributed by atoms with van der Waals surface area (Å²) in [6.45, 7) is 4.05. The van der Waals surface area contributed by atoms with Gasteiger partial charge in [0, 0.05) is 12.8 Å². The van der Waals surface area contributed by atoms with E-state index in [1.807, 2.05) is 0 Å². The largest absolute Gasteiger partial charge is 0.462 e. The van der Waals surface area contributed by atoms with Gasteiger partial charge >= 0.3 is 11.9 Å². The third-order valence-electron chi connectivity index (χ3n) is 16.4. The van der Waals surface area contributed by atoms with Crippen LogP contribution in [0.5, 0.6) is 0 Å². The van der Waals surface area contributed by atoms with E-state index in [2.05, 4.69) is 148 Å². The Morgan fingerprint density at radius 2 is 0.489 bits per heavy atom. The van der Waals surface area contributed by atoms with Gasteiger partial charge in [-0.15, -0.1) is 0 Å². The Labute approximate surface area is 546 Å². The molecule has 0 radical (unpaired) electrons. The highest BCUT2D eigenvalue weighted by molar-refractivity contribution is 5.70. The Kier molecular flexibility index (Phi) is 73.8. The predicted octanol–water partition coefficient (Wildman–Crippen LogP) is 26.7. The molecule has 0 rings (SSSR count). The summed E-state index contributed by atoms with van der Waals surface area (Å²) in [5.74, 6) is -0.585. The number of carbonyl (C=O) groups is 2. The van der Waals surface area contributed by atoms with Crippen molar-refractivity contribution in [3.63, 3.8) is 0 Å². The summed E-state index contributed by atoms with van der Waals surface area (Å²) in [6, 6.07) is 0. The zero-order valence-electron chi connectivity index (χ0n) is 58.0. The number of esters is 2. The molecule has 0 aromatic carbocycles. The molecule has 504 valence electrons. The molecule has 5 heteroatoms. The number of hydrogen-bond donors (Lipinski definition) is 1. The minimum absolute atomic E-state index is 0.0691. The number of aliphatic hydroxyl groups is 1. The van der Waals surface area contributed by atoms with Gasteiger partial charge in [0.2, 0.25) is 0 Å². The predicted molar refractivity (Wildman–Crippen MR) is 389 cm³/mol. The molecule has 0 saturated carbocycles. The first kappa shape index (κ1) is 84.0. The van der Waals surface area contributed by atoms with Crippen LogP contribution in [0.25, 0.3) is 0 Å². The summed E-state index contributed by atoms with van der Waals surface area (Å²) in [4.78, 5) is 24.7. The number of allylic oxidation sites excluding steroid dienone is 22. The van der Waals surface area contributed by atoms with Gasteiger partial charge in [0.15, 0.2) is 6.10 Å². The molecule has 0 aliphatic heterocycles. The van der Waals surface area contributed by atoms with E-state index in [1.165, 1.54) is 231 Å². The molecule has 0 spiro atoms. The fourth-order valence-electron chi connectivity index (χ4n) is 10.8. The fourth-order valence-corrected chi connectivity index (χ4v) is 10.8. The van der Waals surface area contributed by atoms with E-state index in [0.29, 0.717) is 12.8 Å². The van der Waals surface area contributed by atoms with Gasteiger partial charge in [0.1, 0.15) is 6.61 Å². The molecule has 0 fully saturated rings. The van der Waals surface area contributed by atoms with Crippen molar-refractivity contribution in [2.75, 3.05) is 13.2 Å². The average molecular weight is 1220 g/mol. The van der Waals surface area contributed by atoms with E-state index in [1.54, 1.807) is 0 Å². The molecule has 88 heavy (non-hydrogen) atoms. The molecule has 1 N–H and O–H groups in total. The lowest BCUT2D eigenvalue weighted by atomic mass is 10.0. The van der Waals surface area contributed by atoms with Crippen LogP contribution in [0.4, 0.5) is 0 Å². The van der Waals surface area contributed by atoms with Crippen LogP contribution in [0, 0.1) is 0 Å². The number of unbranched alkanes of at least 4 members (excludes halogenated alkanes) is 39. The van der Waals surface area contributed by atoms with Crippen molar-refractivity contribution in [3.8, 4) is 0 Å². The van der Waals surface area contributed by atoms with E-state index < -0.39 is 6.10 Å². The molecular weight excluding hydrogens is 1080 g/mol. The summed E-state index contributed by atoms with van der Waals surface area (Å²) in [5.41, 5.74) is 0. The fraction of sp³-hybridized carbons (Fsp3) is 0.711. The van der Waals surface area contributed by atoms with Crippen LogP contribution in [0.1, 0.15) is 361 Å². The maximum Gasteiger partial charge on any atom is 0.306 e. The summed E-state index contributed by atoms with van der Waals surface area (Å²) < 4.78 is 10.8. The molecule has 0 bridgehead atoms. The average Bonchev–Trinajstić information content (AvgIpc) is 3.54. The number of rotatable bonds is 69. The van der Waals surface area contributed by atoms with Crippen LogP contribution in [0.15, 0.2) is 134 Å². The maximum absolute atomic E-state index is 12.4. The Bertz CT molecular complexity index is 1770. The van der Waals surface area contributed by atoms with Crippen LogP contribution in [-0.4, -0.2) is 36.4 Å². The van der Waals surface area contributed by atoms with Crippen LogP contribution in [0.3, 0.4) is 0 Å². The van der Waals surface area contributed by atoms with E-state index >= 15 is 0 Å². The van der Waals surface area contributed by atoms with Crippen molar-refractivity contribution in [3.05, 3.63) is 134 Å². The van der Waals surface area contributed by atoms with Crippen molar-refractivity contribution in [2.45, 2.75) is 367 Å². The third-order valence-corrected chi connectivity index (χ3v) is 16.4. The normalized spacial score (nSPS) is 13.0. The second-order valence-electron chi connectivity index (χ2n) is 25.0. The summed E-state index contributed by atoms with van der Waals surface area (Å²) in [7, 11) is 0. The highest BCUT2D eigenvalue weighted by Gasteiger charge is 2.16. The standard InChI is InChI=1S/C83H142O5/c1-3-5-7-9-11-13-15-17-19-21-23-25-27-29-31-33-35-37-39-40-41-42-44-46-48-50-52-54-56-58-60-62-64-66-68-70-72-74-76-78-83(86)88-81(79-84)80-87-82(85)77-75-73-71-69-67-65-63-61-59-57-55-53-51-49-47-45-43-38-36-34-32-30-28-26-24-22-20-18-16-14-12-10-8-6-4-2/h5,7,11,13,16-19,22-25,29,31,35,37,40-41,44,46,50,52,81,84H,3-4,6,8-10,12,14-15,20-21,26-28,30,32-34,36,38-39,42-43,45,47-49,51,53-80H2,1-2H3/b7-5-,13-11-,18-16-,19-17-,24-22-,25-23-,31-29-,37-35-,41-40-,46-44-,52-50-. The zero-order chi connectivity index (χ0) is 63.3. The van der Waals surface area contributed by atoms with E-state index in [0.717, 1.165) is 103 Å². The minimum atomic E-state index is -0.782. The Balaban J connectivity index is 3.48. The molecule has 0 aliphatic rings. The van der Waals surface area contributed by atoms with Crippen LogP contribution in [-0.2, 0) is 19.1 Å². The first-order valence-electron chi connectivity index (χ1n) is 37.7. The topological polar surface area (TPSA) is 72.8 Å². The molecule has 1 unspecified atom stereocenters. The second kappa shape index (κ2) is 77.3. The second-order valence-corrected chi connectivity index (χ2v) is 25.0.